The van der Waals surface area contributed by atoms with Gasteiger partial charge < -0.3 is 15.6 Å². The second-order valence-electron chi connectivity index (χ2n) is 8.66. The maximum absolute atomic E-state index is 11.3. The van der Waals surface area contributed by atoms with Gasteiger partial charge in [0.15, 0.2) is 5.65 Å². The first-order valence-electron chi connectivity index (χ1n) is 11.2. The van der Waals surface area contributed by atoms with Crippen LogP contribution in [-0.2, 0) is 4.79 Å². The molecule has 0 atom stereocenters. The molecular weight excluding hydrogens is 534 g/mol. The third-order valence-corrected chi connectivity index (χ3v) is 7.74. The van der Waals surface area contributed by atoms with Crippen molar-refractivity contribution in [3.05, 3.63) is 57.9 Å². The standard InChI is InChI=1S/C25H23BrClN5O3/c1-35-20-9-7-15(10-18(20)27)19-8-6-16(11-29-19)17-12-30-32-23(28)21(26)22(31-24(17)32)13-2-4-14(5-3-13)25(33)34/h6-14H,2-5,28H2,1H3,(H,33,34). The fraction of sp³-hybridized carbons (Fsp3) is 0.280. The number of ether oxygens (including phenoxy) is 1. The third kappa shape index (κ3) is 4.34. The van der Waals surface area contributed by atoms with Gasteiger partial charge >= 0.3 is 5.97 Å². The van der Waals surface area contributed by atoms with Gasteiger partial charge in [0, 0.05) is 28.8 Å². The summed E-state index contributed by atoms with van der Waals surface area (Å²) in [5.41, 5.74) is 11.2. The molecule has 4 aromatic rings. The summed E-state index contributed by atoms with van der Waals surface area (Å²) in [6.07, 6.45) is 6.28. The Morgan fingerprint density at radius 3 is 2.54 bits per heavy atom. The summed E-state index contributed by atoms with van der Waals surface area (Å²) in [4.78, 5) is 20.9. The predicted molar refractivity (Wildman–Crippen MR) is 138 cm³/mol. The summed E-state index contributed by atoms with van der Waals surface area (Å²) < 4.78 is 7.55. The van der Waals surface area contributed by atoms with Crippen LogP contribution in [0.15, 0.2) is 47.2 Å². The zero-order valence-electron chi connectivity index (χ0n) is 18.9. The summed E-state index contributed by atoms with van der Waals surface area (Å²) in [6, 6.07) is 9.44. The van der Waals surface area contributed by atoms with Crippen molar-refractivity contribution in [2.75, 3.05) is 12.8 Å². The number of carbonyl (C=O) groups is 1. The molecule has 5 rings (SSSR count). The van der Waals surface area contributed by atoms with Crippen LogP contribution in [0.3, 0.4) is 0 Å². The molecule has 0 aliphatic heterocycles. The van der Waals surface area contributed by atoms with Crippen molar-refractivity contribution in [2.45, 2.75) is 31.6 Å². The molecule has 3 heterocycles. The van der Waals surface area contributed by atoms with Crippen LogP contribution in [0.4, 0.5) is 5.82 Å². The van der Waals surface area contributed by atoms with E-state index in [2.05, 4.69) is 26.0 Å². The van der Waals surface area contributed by atoms with Crippen LogP contribution in [0.2, 0.25) is 5.02 Å². The Kier molecular flexibility index (Phi) is 6.37. The van der Waals surface area contributed by atoms with E-state index in [1.54, 1.807) is 24.0 Å². The van der Waals surface area contributed by atoms with E-state index >= 15 is 0 Å². The van der Waals surface area contributed by atoms with E-state index in [-0.39, 0.29) is 11.8 Å². The molecule has 3 N–H and O–H groups in total. The van der Waals surface area contributed by atoms with Crippen molar-refractivity contribution in [1.82, 2.24) is 19.6 Å². The van der Waals surface area contributed by atoms with Gasteiger partial charge in [-0.25, -0.2) is 4.98 Å². The van der Waals surface area contributed by atoms with Crippen molar-refractivity contribution in [3.63, 3.8) is 0 Å². The van der Waals surface area contributed by atoms with E-state index in [9.17, 15) is 9.90 Å². The SMILES string of the molecule is COc1ccc(-c2ccc(-c3cnn4c(N)c(Br)c(C5CCC(C(=O)O)CC5)nc34)cn2)cc1Cl. The van der Waals surface area contributed by atoms with Gasteiger partial charge in [-0.2, -0.15) is 9.61 Å². The van der Waals surface area contributed by atoms with Crippen molar-refractivity contribution in [1.29, 1.82) is 0 Å². The Balaban J connectivity index is 1.48. The van der Waals surface area contributed by atoms with E-state index in [1.807, 2.05) is 30.3 Å². The predicted octanol–water partition coefficient (Wildman–Crippen LogP) is 5.82. The number of nitrogens with two attached hydrogens (primary N) is 1. The molecule has 0 amide bonds. The lowest BCUT2D eigenvalue weighted by atomic mass is 9.80. The molecule has 1 aliphatic rings. The fourth-order valence-corrected chi connectivity index (χ4v) is 5.49. The van der Waals surface area contributed by atoms with Crippen LogP contribution >= 0.6 is 27.5 Å². The number of nitrogen functional groups attached to an aromatic ring is 1. The van der Waals surface area contributed by atoms with E-state index in [4.69, 9.17) is 27.1 Å². The maximum atomic E-state index is 11.3. The number of fused-ring (bicyclic) bond motifs is 1. The van der Waals surface area contributed by atoms with Gasteiger partial charge in [-0.15, -0.1) is 0 Å². The van der Waals surface area contributed by atoms with Crippen molar-refractivity contribution in [3.8, 4) is 28.1 Å². The number of carboxylic acid groups (broad SMARTS) is 1. The third-order valence-electron chi connectivity index (χ3n) is 6.63. The minimum atomic E-state index is -0.726. The van der Waals surface area contributed by atoms with Crippen LogP contribution in [-0.4, -0.2) is 37.8 Å². The Morgan fingerprint density at radius 1 is 1.17 bits per heavy atom. The summed E-state index contributed by atoms with van der Waals surface area (Å²) >= 11 is 9.87. The van der Waals surface area contributed by atoms with E-state index in [0.717, 1.165) is 40.9 Å². The van der Waals surface area contributed by atoms with Gasteiger partial charge in [-0.3, -0.25) is 9.78 Å². The maximum Gasteiger partial charge on any atom is 0.306 e. The molecule has 180 valence electrons. The number of halogens is 2. The van der Waals surface area contributed by atoms with Crippen LogP contribution in [0, 0.1) is 5.92 Å². The quantitative estimate of drug-likeness (QED) is 0.318. The minimum Gasteiger partial charge on any atom is -0.495 e. The highest BCUT2D eigenvalue weighted by atomic mass is 79.9. The summed E-state index contributed by atoms with van der Waals surface area (Å²) in [7, 11) is 1.58. The topological polar surface area (TPSA) is 116 Å². The minimum absolute atomic E-state index is 0.135. The highest BCUT2D eigenvalue weighted by Gasteiger charge is 2.30. The van der Waals surface area contributed by atoms with Crippen molar-refractivity contribution in [2.24, 2.45) is 5.92 Å². The number of rotatable bonds is 5. The normalized spacial score (nSPS) is 18.0. The van der Waals surface area contributed by atoms with Gasteiger partial charge in [-0.1, -0.05) is 17.7 Å². The number of nitrogens with zero attached hydrogens (tertiary/aromatic N) is 4. The number of methoxy groups -OCH3 is 1. The van der Waals surface area contributed by atoms with Gasteiger partial charge in [0.2, 0.25) is 0 Å². The molecule has 0 bridgehead atoms. The molecule has 10 heteroatoms. The molecule has 0 saturated heterocycles. The number of anilines is 1. The number of aromatic nitrogens is 4. The fourth-order valence-electron chi connectivity index (χ4n) is 4.65. The monoisotopic (exact) mass is 555 g/mol. The van der Waals surface area contributed by atoms with E-state index in [1.165, 1.54) is 0 Å². The summed E-state index contributed by atoms with van der Waals surface area (Å²) in [6.45, 7) is 0. The highest BCUT2D eigenvalue weighted by molar-refractivity contribution is 9.10. The molecule has 1 fully saturated rings. The Morgan fingerprint density at radius 2 is 1.91 bits per heavy atom. The zero-order chi connectivity index (χ0) is 24.7. The van der Waals surface area contributed by atoms with E-state index in [0.29, 0.717) is 39.6 Å². The summed E-state index contributed by atoms with van der Waals surface area (Å²) in [5.74, 6) is 0.197. The molecule has 1 aliphatic carbocycles. The average molecular weight is 557 g/mol. The van der Waals surface area contributed by atoms with Gasteiger partial charge in [-0.05, 0) is 65.9 Å². The molecule has 0 unspecified atom stereocenters. The highest BCUT2D eigenvalue weighted by Crippen LogP contribution is 2.40. The number of hydrogen-bond donors (Lipinski definition) is 2. The molecule has 8 nitrogen and oxygen atoms in total. The number of benzene rings is 1. The van der Waals surface area contributed by atoms with Crippen LogP contribution in [0.5, 0.6) is 5.75 Å². The molecular formula is C25H23BrClN5O3. The second kappa shape index (κ2) is 9.47. The first-order chi connectivity index (χ1) is 16.9. The largest absolute Gasteiger partial charge is 0.495 e. The second-order valence-corrected chi connectivity index (χ2v) is 9.86. The number of hydrogen-bond acceptors (Lipinski definition) is 6. The van der Waals surface area contributed by atoms with Crippen molar-refractivity contribution < 1.29 is 14.6 Å². The number of carboxylic acids is 1. The van der Waals surface area contributed by atoms with Crippen LogP contribution < -0.4 is 10.5 Å². The van der Waals surface area contributed by atoms with Gasteiger partial charge in [0.1, 0.15) is 11.6 Å². The average Bonchev–Trinajstić information content (AvgIpc) is 3.30. The number of aliphatic carboxylic acids is 1. The molecule has 1 saturated carbocycles. The van der Waals surface area contributed by atoms with Crippen LogP contribution in [0.1, 0.15) is 37.3 Å². The van der Waals surface area contributed by atoms with Crippen molar-refractivity contribution >= 4 is 45.0 Å². The molecule has 35 heavy (non-hydrogen) atoms. The van der Waals surface area contributed by atoms with Gasteiger partial charge in [0.05, 0.1) is 40.1 Å². The first-order valence-corrected chi connectivity index (χ1v) is 12.4. The lowest BCUT2D eigenvalue weighted by Gasteiger charge is -2.26. The lowest BCUT2D eigenvalue weighted by molar-refractivity contribution is -0.142. The molecule has 0 spiro atoms. The zero-order valence-corrected chi connectivity index (χ0v) is 21.3. The summed E-state index contributed by atoms with van der Waals surface area (Å²) in [5, 5.41) is 14.3. The molecule has 3 aromatic heterocycles. The Hall–Kier alpha value is -3.17. The molecule has 0 radical (unpaired) electrons. The smallest absolute Gasteiger partial charge is 0.306 e. The lowest BCUT2D eigenvalue weighted by Crippen LogP contribution is -2.21. The Bertz CT molecular complexity index is 1420. The van der Waals surface area contributed by atoms with Gasteiger partial charge in [0.25, 0.3) is 0 Å². The first kappa shape index (κ1) is 23.6. The molecule has 1 aromatic carbocycles. The number of pyridine rings is 1. The van der Waals surface area contributed by atoms with E-state index < -0.39 is 5.97 Å². The Labute approximate surface area is 215 Å². The van der Waals surface area contributed by atoms with Crippen LogP contribution in [0.25, 0.3) is 28.0 Å².